The van der Waals surface area contributed by atoms with Crippen LogP contribution >= 0.6 is 0 Å². The van der Waals surface area contributed by atoms with Crippen molar-refractivity contribution in [3.8, 4) is 11.5 Å². The smallest absolute Gasteiger partial charge is 0.343 e. The molecule has 29 heavy (non-hydrogen) atoms. The van der Waals surface area contributed by atoms with Crippen molar-refractivity contribution in [2.45, 2.75) is 65.4 Å². The Hall–Kier alpha value is -2.82. The summed E-state index contributed by atoms with van der Waals surface area (Å²) in [6.45, 7) is 9.76. The first-order chi connectivity index (χ1) is 13.6. The van der Waals surface area contributed by atoms with Crippen molar-refractivity contribution in [3.63, 3.8) is 0 Å². The summed E-state index contributed by atoms with van der Waals surface area (Å²) in [6, 6.07) is 4.70. The summed E-state index contributed by atoms with van der Waals surface area (Å²) >= 11 is 0. The van der Waals surface area contributed by atoms with Crippen LogP contribution in [0.1, 0.15) is 65.4 Å². The molecule has 5 nitrogen and oxygen atoms in total. The molecule has 1 aromatic carbocycles. The average Bonchev–Trinajstić information content (AvgIpc) is 2.86. The molecule has 0 bridgehead atoms. The Morgan fingerprint density at radius 1 is 1.24 bits per heavy atom. The second-order valence-electron chi connectivity index (χ2n) is 8.42. The highest BCUT2D eigenvalue weighted by Gasteiger charge is 2.44. The van der Waals surface area contributed by atoms with Gasteiger partial charge in [0.1, 0.15) is 22.7 Å². The van der Waals surface area contributed by atoms with Gasteiger partial charge in [-0.05, 0) is 71.2 Å². The standard InChI is InChI=1S/C24H28O5/c1-14(2)11-18(26)12-15(3)7-6-10-24(5)16(4)21-22(29-24)19-9-8-17(25)13-20(19)28-23(21)27/h8-9,11-13,16,25H,6-7,10H2,1-5H3/b15-12+/t16-,24+/m1/s1. The number of ether oxygens (including phenoxy) is 1. The molecule has 0 unspecified atom stereocenters. The molecule has 154 valence electrons. The Bertz CT molecular complexity index is 1070. The van der Waals surface area contributed by atoms with Gasteiger partial charge in [-0.1, -0.05) is 18.1 Å². The van der Waals surface area contributed by atoms with E-state index >= 15 is 0 Å². The van der Waals surface area contributed by atoms with Crippen LogP contribution in [0.25, 0.3) is 11.0 Å². The largest absolute Gasteiger partial charge is 0.508 e. The fourth-order valence-electron chi connectivity index (χ4n) is 3.91. The van der Waals surface area contributed by atoms with Crippen LogP contribution in [0.15, 0.2) is 50.7 Å². The van der Waals surface area contributed by atoms with E-state index in [2.05, 4.69) is 0 Å². The van der Waals surface area contributed by atoms with Gasteiger partial charge in [0.2, 0.25) is 0 Å². The molecule has 2 atom stereocenters. The number of rotatable bonds is 6. The Morgan fingerprint density at radius 3 is 2.66 bits per heavy atom. The molecule has 0 spiro atoms. The van der Waals surface area contributed by atoms with Gasteiger partial charge in [0.15, 0.2) is 5.78 Å². The lowest BCUT2D eigenvalue weighted by atomic mass is 9.83. The maximum absolute atomic E-state index is 12.5. The van der Waals surface area contributed by atoms with Gasteiger partial charge in [0, 0.05) is 12.0 Å². The maximum atomic E-state index is 12.5. The summed E-state index contributed by atoms with van der Waals surface area (Å²) in [5.74, 6) is 0.485. The predicted molar refractivity (Wildman–Crippen MR) is 114 cm³/mol. The van der Waals surface area contributed by atoms with Crippen LogP contribution in [0, 0.1) is 0 Å². The van der Waals surface area contributed by atoms with Crippen molar-refractivity contribution in [1.29, 1.82) is 0 Å². The van der Waals surface area contributed by atoms with E-state index in [1.165, 1.54) is 6.07 Å². The number of phenols is 1. The van der Waals surface area contributed by atoms with E-state index in [1.54, 1.807) is 24.3 Å². The van der Waals surface area contributed by atoms with Crippen molar-refractivity contribution in [2.75, 3.05) is 0 Å². The van der Waals surface area contributed by atoms with E-state index in [1.807, 2.05) is 34.6 Å². The summed E-state index contributed by atoms with van der Waals surface area (Å²) in [5, 5.41) is 10.4. The summed E-state index contributed by atoms with van der Waals surface area (Å²) in [4.78, 5) is 24.4. The van der Waals surface area contributed by atoms with Gasteiger partial charge in [-0.25, -0.2) is 4.79 Å². The van der Waals surface area contributed by atoms with E-state index in [4.69, 9.17) is 9.15 Å². The number of benzene rings is 1. The van der Waals surface area contributed by atoms with Crippen LogP contribution < -0.4 is 10.4 Å². The van der Waals surface area contributed by atoms with Crippen molar-refractivity contribution in [2.24, 2.45) is 0 Å². The van der Waals surface area contributed by atoms with E-state index in [9.17, 15) is 14.7 Å². The van der Waals surface area contributed by atoms with Gasteiger partial charge in [-0.2, -0.15) is 0 Å². The molecule has 0 saturated carbocycles. The lowest BCUT2D eigenvalue weighted by molar-refractivity contribution is -0.110. The first kappa shape index (κ1) is 20.9. The van der Waals surface area contributed by atoms with Crippen molar-refractivity contribution < 1.29 is 19.1 Å². The molecule has 0 radical (unpaired) electrons. The normalized spacial score (nSPS) is 21.0. The van der Waals surface area contributed by atoms with E-state index < -0.39 is 11.2 Å². The number of fused-ring (bicyclic) bond motifs is 3. The minimum absolute atomic E-state index is 0.0129. The molecule has 0 saturated heterocycles. The summed E-state index contributed by atoms with van der Waals surface area (Å²) < 4.78 is 11.7. The minimum atomic E-state index is -0.534. The van der Waals surface area contributed by atoms with Crippen LogP contribution in [-0.4, -0.2) is 16.5 Å². The van der Waals surface area contributed by atoms with Crippen LogP contribution in [-0.2, 0) is 4.79 Å². The lowest BCUT2D eigenvalue weighted by Gasteiger charge is -2.28. The lowest BCUT2D eigenvalue weighted by Crippen LogP contribution is -2.33. The molecule has 5 heteroatoms. The Balaban J connectivity index is 1.77. The average molecular weight is 396 g/mol. The minimum Gasteiger partial charge on any atom is -0.508 e. The number of aromatic hydroxyl groups is 1. The van der Waals surface area contributed by atoms with E-state index in [0.717, 1.165) is 30.4 Å². The second kappa shape index (κ2) is 7.90. The Kier molecular flexibility index (Phi) is 5.69. The van der Waals surface area contributed by atoms with Crippen molar-refractivity contribution in [3.05, 3.63) is 57.5 Å². The summed E-state index contributed by atoms with van der Waals surface area (Å²) in [5.41, 5.74) is 1.93. The Morgan fingerprint density at radius 2 is 1.97 bits per heavy atom. The zero-order chi connectivity index (χ0) is 21.3. The van der Waals surface area contributed by atoms with Crippen molar-refractivity contribution >= 4 is 16.8 Å². The number of ketones is 1. The first-order valence-electron chi connectivity index (χ1n) is 9.95. The molecule has 0 amide bonds. The van der Waals surface area contributed by atoms with Gasteiger partial charge in [0.05, 0.1) is 10.9 Å². The fourth-order valence-corrected chi connectivity index (χ4v) is 3.91. The fraction of sp³-hybridized carbons (Fsp3) is 0.417. The number of hydrogen-bond acceptors (Lipinski definition) is 5. The maximum Gasteiger partial charge on any atom is 0.343 e. The van der Waals surface area contributed by atoms with E-state index in [0.29, 0.717) is 22.3 Å². The monoisotopic (exact) mass is 396 g/mol. The number of hydrogen-bond donors (Lipinski definition) is 1. The number of carbonyl (C=O) groups excluding carboxylic acids is 1. The van der Waals surface area contributed by atoms with Gasteiger partial charge in [0.25, 0.3) is 0 Å². The van der Waals surface area contributed by atoms with Crippen LogP contribution in [0.4, 0.5) is 0 Å². The van der Waals surface area contributed by atoms with Gasteiger partial charge >= 0.3 is 5.63 Å². The highest BCUT2D eigenvalue weighted by Crippen LogP contribution is 2.48. The SMILES string of the molecule is CC(C)=CC(=O)/C=C(\C)CCC[C@]1(C)Oc2c(c(=O)oc3cc(O)ccc23)[C@H]1C. The third-order valence-corrected chi connectivity index (χ3v) is 5.63. The molecule has 0 aliphatic carbocycles. The first-order valence-corrected chi connectivity index (χ1v) is 9.95. The van der Waals surface area contributed by atoms with E-state index in [-0.39, 0.29) is 17.5 Å². The molecule has 3 rings (SSSR count). The van der Waals surface area contributed by atoms with Crippen molar-refractivity contribution in [1.82, 2.24) is 0 Å². The molecule has 1 N–H and O–H groups in total. The number of phenolic OH excluding ortho intramolecular Hbond substituents is 1. The van der Waals surface area contributed by atoms with Gasteiger partial charge < -0.3 is 14.3 Å². The topological polar surface area (TPSA) is 76.7 Å². The molecular formula is C24H28O5. The number of carbonyl (C=O) groups is 1. The molecule has 2 aromatic rings. The quantitative estimate of drug-likeness (QED) is 0.522. The molecule has 1 aliphatic rings. The highest BCUT2D eigenvalue weighted by atomic mass is 16.5. The third kappa shape index (κ3) is 4.29. The Labute approximate surface area is 170 Å². The third-order valence-electron chi connectivity index (χ3n) is 5.63. The van der Waals surface area contributed by atoms with Gasteiger partial charge in [-0.15, -0.1) is 0 Å². The van der Waals surface area contributed by atoms with Crippen LogP contribution in [0.2, 0.25) is 0 Å². The van der Waals surface area contributed by atoms with Gasteiger partial charge in [-0.3, -0.25) is 4.79 Å². The zero-order valence-electron chi connectivity index (χ0n) is 17.7. The highest BCUT2D eigenvalue weighted by molar-refractivity contribution is 6.00. The summed E-state index contributed by atoms with van der Waals surface area (Å²) in [6.07, 6.45) is 5.67. The molecule has 2 heterocycles. The van der Waals surface area contributed by atoms with Crippen LogP contribution in [0.3, 0.4) is 0 Å². The molecule has 0 fully saturated rings. The molecule has 1 aromatic heterocycles. The predicted octanol–water partition coefficient (Wildman–Crippen LogP) is 5.41. The number of allylic oxidation sites excluding steroid dienone is 4. The van der Waals surface area contributed by atoms with Crippen LogP contribution in [0.5, 0.6) is 11.5 Å². The zero-order valence-corrected chi connectivity index (χ0v) is 17.7. The second-order valence-corrected chi connectivity index (χ2v) is 8.42. The molecule has 1 aliphatic heterocycles. The molecular weight excluding hydrogens is 368 g/mol. The summed E-state index contributed by atoms with van der Waals surface area (Å²) in [7, 11) is 0.